The van der Waals surface area contributed by atoms with Gasteiger partial charge in [-0.1, -0.05) is 18.2 Å². The predicted molar refractivity (Wildman–Crippen MR) is 93.2 cm³/mol. The third-order valence-corrected chi connectivity index (χ3v) is 5.82. The van der Waals surface area contributed by atoms with E-state index in [4.69, 9.17) is 4.74 Å². The molecule has 26 heavy (non-hydrogen) atoms. The number of hydrogen-bond acceptors (Lipinski definition) is 5. The maximum absolute atomic E-state index is 12.4. The Hall–Kier alpha value is -2.13. The summed E-state index contributed by atoms with van der Waals surface area (Å²) in [5, 5.41) is 9.95. The molecule has 9 heteroatoms. The van der Waals surface area contributed by atoms with Crippen molar-refractivity contribution < 1.29 is 27.9 Å². The summed E-state index contributed by atoms with van der Waals surface area (Å²) in [4.78, 5) is 26.1. The van der Waals surface area contributed by atoms with E-state index in [-0.39, 0.29) is 44.5 Å². The molecule has 1 aromatic carbocycles. The normalized spacial score (nSPS) is 25.0. The Bertz CT molecular complexity index is 824. The molecule has 0 aromatic heterocycles. The highest BCUT2D eigenvalue weighted by atomic mass is 32.2. The second-order valence-corrected chi connectivity index (χ2v) is 8.78. The second kappa shape index (κ2) is 6.88. The summed E-state index contributed by atoms with van der Waals surface area (Å²) in [6.07, 6.45) is 1.32. The number of fused-ring (bicyclic) bond motifs is 2. The molecule has 2 heterocycles. The molecule has 3 rings (SSSR count). The van der Waals surface area contributed by atoms with E-state index in [0.717, 1.165) is 11.8 Å². The lowest BCUT2D eigenvalue weighted by Gasteiger charge is -2.27. The lowest BCUT2D eigenvalue weighted by atomic mass is 9.74. The van der Waals surface area contributed by atoms with Gasteiger partial charge in [0.1, 0.15) is 5.75 Å². The molecule has 1 saturated heterocycles. The molecule has 8 nitrogen and oxygen atoms in total. The Balaban J connectivity index is 1.76. The minimum Gasteiger partial charge on any atom is -0.493 e. The van der Waals surface area contributed by atoms with Crippen LogP contribution in [-0.4, -0.2) is 62.8 Å². The zero-order chi connectivity index (χ0) is 18.9. The van der Waals surface area contributed by atoms with Crippen LogP contribution in [0.1, 0.15) is 12.0 Å². The molecule has 0 saturated carbocycles. The zero-order valence-corrected chi connectivity index (χ0v) is 15.3. The van der Waals surface area contributed by atoms with Crippen molar-refractivity contribution in [3.63, 3.8) is 0 Å². The van der Waals surface area contributed by atoms with Gasteiger partial charge in [-0.3, -0.25) is 9.59 Å². The van der Waals surface area contributed by atoms with E-state index in [1.165, 1.54) is 4.90 Å². The van der Waals surface area contributed by atoms with Crippen molar-refractivity contribution in [2.45, 2.75) is 12.8 Å². The number of carboxylic acid groups (broad SMARTS) is 1. The van der Waals surface area contributed by atoms with E-state index >= 15 is 0 Å². The molecule has 0 aliphatic carbocycles. The Morgan fingerprint density at radius 2 is 2.12 bits per heavy atom. The Morgan fingerprint density at radius 1 is 1.38 bits per heavy atom. The van der Waals surface area contributed by atoms with E-state index in [0.29, 0.717) is 12.2 Å². The summed E-state index contributed by atoms with van der Waals surface area (Å²) in [6.45, 7) is 0.618. The van der Waals surface area contributed by atoms with Crippen molar-refractivity contribution in [3.8, 4) is 5.75 Å². The second-order valence-electron chi connectivity index (χ2n) is 6.94. The van der Waals surface area contributed by atoms with Gasteiger partial charge in [-0.05, 0) is 18.1 Å². The Kier molecular flexibility index (Phi) is 4.94. The highest BCUT2D eigenvalue weighted by Crippen LogP contribution is 2.44. The third-order valence-electron chi connectivity index (χ3n) is 5.10. The van der Waals surface area contributed by atoms with E-state index in [2.05, 4.69) is 4.72 Å². The van der Waals surface area contributed by atoms with Crippen molar-refractivity contribution in [1.82, 2.24) is 9.62 Å². The van der Waals surface area contributed by atoms with Crippen LogP contribution >= 0.6 is 0 Å². The number of nitrogens with zero attached hydrogens (tertiary/aromatic N) is 1. The summed E-state index contributed by atoms with van der Waals surface area (Å²) < 4.78 is 30.3. The van der Waals surface area contributed by atoms with Crippen LogP contribution in [0.4, 0.5) is 0 Å². The molecule has 2 aliphatic rings. The van der Waals surface area contributed by atoms with Crippen LogP contribution in [0.5, 0.6) is 5.75 Å². The Morgan fingerprint density at radius 3 is 2.81 bits per heavy atom. The zero-order valence-electron chi connectivity index (χ0n) is 14.5. The number of carbonyl (C=O) groups is 2. The molecule has 2 atom stereocenters. The smallest absolute Gasteiger partial charge is 0.312 e. The highest BCUT2D eigenvalue weighted by Gasteiger charge is 2.55. The van der Waals surface area contributed by atoms with Crippen LogP contribution in [0.2, 0.25) is 0 Å². The fourth-order valence-corrected chi connectivity index (χ4v) is 4.19. The van der Waals surface area contributed by atoms with Crippen molar-refractivity contribution >= 4 is 21.9 Å². The van der Waals surface area contributed by atoms with Gasteiger partial charge in [0.05, 0.1) is 18.3 Å². The number of amides is 1. The summed E-state index contributed by atoms with van der Waals surface area (Å²) in [5.41, 5.74) is -0.266. The average Bonchev–Trinajstić information content (AvgIpc) is 2.85. The molecule has 2 aliphatic heterocycles. The van der Waals surface area contributed by atoms with Crippen LogP contribution in [0, 0.1) is 11.3 Å². The summed E-state index contributed by atoms with van der Waals surface area (Å²) in [5.74, 6) is -0.826. The average molecular weight is 382 g/mol. The topological polar surface area (TPSA) is 113 Å². The number of aliphatic carboxylic acids is 1. The first-order chi connectivity index (χ1) is 12.2. The van der Waals surface area contributed by atoms with E-state index in [9.17, 15) is 23.1 Å². The van der Waals surface area contributed by atoms with Gasteiger partial charge in [0.25, 0.3) is 0 Å². The van der Waals surface area contributed by atoms with Crippen LogP contribution in [0.15, 0.2) is 24.3 Å². The number of likely N-dealkylation sites (tertiary alicyclic amines) is 1. The van der Waals surface area contributed by atoms with Crippen molar-refractivity contribution in [1.29, 1.82) is 0 Å². The standard InChI is InChI=1S/C17H22N2O6S/c1-26(23,24)18-7-6-15(20)19-9-13-10-25-14-5-3-2-4-12(14)8-17(13,11-19)16(21)22/h2-5,13,18H,6-11H2,1H3,(H,21,22)/t13-,17+/m1/s1. The van der Waals surface area contributed by atoms with Gasteiger partial charge in [0.2, 0.25) is 15.9 Å². The first-order valence-corrected chi connectivity index (χ1v) is 10.3. The summed E-state index contributed by atoms with van der Waals surface area (Å²) >= 11 is 0. The molecule has 1 aromatic rings. The molecular formula is C17H22N2O6S. The maximum atomic E-state index is 12.4. The fraction of sp³-hybridized carbons (Fsp3) is 0.529. The number of ether oxygens (including phenoxy) is 1. The van der Waals surface area contributed by atoms with E-state index in [1.54, 1.807) is 0 Å². The number of nitrogens with one attached hydrogen (secondary N) is 1. The minimum atomic E-state index is -3.36. The summed E-state index contributed by atoms with van der Waals surface area (Å²) in [6, 6.07) is 7.36. The van der Waals surface area contributed by atoms with Crippen molar-refractivity contribution in [3.05, 3.63) is 29.8 Å². The quantitative estimate of drug-likeness (QED) is 0.746. The fourth-order valence-electron chi connectivity index (χ4n) is 3.72. The van der Waals surface area contributed by atoms with Gasteiger partial charge >= 0.3 is 5.97 Å². The maximum Gasteiger partial charge on any atom is 0.312 e. The van der Waals surface area contributed by atoms with Crippen molar-refractivity contribution in [2.24, 2.45) is 11.3 Å². The van der Waals surface area contributed by atoms with Crippen LogP contribution in [0.25, 0.3) is 0 Å². The molecule has 1 fully saturated rings. The lowest BCUT2D eigenvalue weighted by Crippen LogP contribution is -2.42. The molecule has 142 valence electrons. The first-order valence-electron chi connectivity index (χ1n) is 8.38. The monoisotopic (exact) mass is 382 g/mol. The molecule has 0 spiro atoms. The van der Waals surface area contributed by atoms with Crippen LogP contribution in [0.3, 0.4) is 0 Å². The number of carbonyl (C=O) groups excluding carboxylic acids is 1. The highest BCUT2D eigenvalue weighted by molar-refractivity contribution is 7.88. The number of carboxylic acids is 1. The van der Waals surface area contributed by atoms with Gasteiger partial charge in [-0.2, -0.15) is 0 Å². The first kappa shape index (κ1) is 18.7. The van der Waals surface area contributed by atoms with Gasteiger partial charge < -0.3 is 14.7 Å². The summed E-state index contributed by atoms with van der Waals surface area (Å²) in [7, 11) is -3.36. The van der Waals surface area contributed by atoms with Gasteiger partial charge in [0, 0.05) is 32.0 Å². The molecular weight excluding hydrogens is 360 g/mol. The van der Waals surface area contributed by atoms with Gasteiger partial charge in [-0.15, -0.1) is 0 Å². The number of sulfonamides is 1. The van der Waals surface area contributed by atoms with Gasteiger partial charge in [0.15, 0.2) is 0 Å². The molecule has 0 unspecified atom stereocenters. The molecule has 2 N–H and O–H groups in total. The molecule has 1 amide bonds. The Labute approximate surface area is 152 Å². The van der Waals surface area contributed by atoms with E-state index in [1.807, 2.05) is 24.3 Å². The molecule has 0 radical (unpaired) electrons. The number of rotatable bonds is 5. The number of hydrogen-bond donors (Lipinski definition) is 2. The van der Waals surface area contributed by atoms with Crippen molar-refractivity contribution in [2.75, 3.05) is 32.5 Å². The molecule has 0 bridgehead atoms. The predicted octanol–water partition coefficient (Wildman–Crippen LogP) is 0.0902. The van der Waals surface area contributed by atoms with E-state index < -0.39 is 21.4 Å². The third kappa shape index (κ3) is 3.68. The SMILES string of the molecule is CS(=O)(=O)NCCC(=O)N1C[C@@H]2COc3ccccc3C[C@]2(C(=O)O)C1. The van der Waals surface area contributed by atoms with Gasteiger partial charge in [-0.25, -0.2) is 13.1 Å². The number of benzene rings is 1. The number of para-hydroxylation sites is 1. The van der Waals surface area contributed by atoms with Crippen LogP contribution < -0.4 is 9.46 Å². The van der Waals surface area contributed by atoms with Crippen LogP contribution in [-0.2, 0) is 26.0 Å². The lowest BCUT2D eigenvalue weighted by molar-refractivity contribution is -0.151. The minimum absolute atomic E-state index is 0.00175. The largest absolute Gasteiger partial charge is 0.493 e.